The first kappa shape index (κ1) is 12.1. The van der Waals surface area contributed by atoms with Crippen molar-refractivity contribution in [3.8, 4) is 11.5 Å². The number of aromatic nitrogens is 1. The molecule has 3 rings (SSSR count). The maximum Gasteiger partial charge on any atom is 0.273 e. The fourth-order valence-corrected chi connectivity index (χ4v) is 1.91. The van der Waals surface area contributed by atoms with Gasteiger partial charge in [-0.3, -0.25) is 15.1 Å². The van der Waals surface area contributed by atoms with Gasteiger partial charge in [-0.25, -0.2) is 0 Å². The van der Waals surface area contributed by atoms with E-state index in [1.807, 2.05) is 24.3 Å². The Bertz CT molecular complexity index is 787. The third-order valence-corrected chi connectivity index (χ3v) is 2.84. The number of non-ortho nitro benzene ring substituents is 1. The topological polar surface area (TPSA) is 65.3 Å². The van der Waals surface area contributed by atoms with E-state index in [1.165, 1.54) is 12.1 Å². The minimum Gasteiger partial charge on any atom is -0.457 e. The molecule has 0 N–H and O–H groups in total. The van der Waals surface area contributed by atoms with Crippen molar-refractivity contribution >= 4 is 16.6 Å². The molecule has 0 fully saturated rings. The van der Waals surface area contributed by atoms with Gasteiger partial charge in [0.2, 0.25) is 0 Å². The van der Waals surface area contributed by atoms with E-state index < -0.39 is 4.92 Å². The molecule has 2 aromatic carbocycles. The monoisotopic (exact) mass is 266 g/mol. The maximum atomic E-state index is 10.7. The highest BCUT2D eigenvalue weighted by Gasteiger charge is 2.07. The van der Waals surface area contributed by atoms with E-state index in [0.29, 0.717) is 11.5 Å². The number of fused-ring (bicyclic) bond motifs is 1. The van der Waals surface area contributed by atoms with Gasteiger partial charge in [-0.1, -0.05) is 12.1 Å². The van der Waals surface area contributed by atoms with Crippen LogP contribution in [0.3, 0.4) is 0 Å². The molecular weight excluding hydrogens is 256 g/mol. The smallest absolute Gasteiger partial charge is 0.273 e. The summed E-state index contributed by atoms with van der Waals surface area (Å²) in [6.07, 6.45) is 1.73. The van der Waals surface area contributed by atoms with E-state index in [9.17, 15) is 10.1 Å². The number of pyridine rings is 1. The van der Waals surface area contributed by atoms with Gasteiger partial charge < -0.3 is 4.74 Å². The summed E-state index contributed by atoms with van der Waals surface area (Å²) in [5.41, 5.74) is 0.879. The predicted molar refractivity (Wildman–Crippen MR) is 74.9 cm³/mol. The standard InChI is InChI=1S/C15H10N2O3/c18-17(19)12-4-1-5-13(10-12)20-14-6-7-15-11(9-14)3-2-8-16-15/h1-10H. The summed E-state index contributed by atoms with van der Waals surface area (Å²) in [5.74, 6) is 1.05. The van der Waals surface area contributed by atoms with E-state index in [-0.39, 0.29) is 5.69 Å². The van der Waals surface area contributed by atoms with Gasteiger partial charge >= 0.3 is 0 Å². The molecule has 5 heteroatoms. The second-order valence-corrected chi connectivity index (χ2v) is 4.21. The average Bonchev–Trinajstić information content (AvgIpc) is 2.47. The van der Waals surface area contributed by atoms with Crippen LogP contribution in [-0.2, 0) is 0 Å². The molecule has 0 unspecified atom stereocenters. The first-order valence-corrected chi connectivity index (χ1v) is 5.99. The summed E-state index contributed by atoms with van der Waals surface area (Å²) in [6, 6.07) is 15.4. The minimum absolute atomic E-state index is 0.00459. The van der Waals surface area contributed by atoms with Crippen molar-refractivity contribution in [2.24, 2.45) is 0 Å². The van der Waals surface area contributed by atoms with Crippen molar-refractivity contribution in [2.75, 3.05) is 0 Å². The lowest BCUT2D eigenvalue weighted by Gasteiger charge is -2.06. The summed E-state index contributed by atoms with van der Waals surface area (Å²) in [5, 5.41) is 11.7. The number of hydrogen-bond donors (Lipinski definition) is 0. The predicted octanol–water partition coefficient (Wildman–Crippen LogP) is 3.94. The van der Waals surface area contributed by atoms with Gasteiger partial charge in [0.1, 0.15) is 11.5 Å². The lowest BCUT2D eigenvalue weighted by molar-refractivity contribution is -0.384. The zero-order valence-corrected chi connectivity index (χ0v) is 10.4. The van der Waals surface area contributed by atoms with Crippen LogP contribution in [0.25, 0.3) is 10.9 Å². The Labute approximate surface area is 114 Å². The molecule has 3 aromatic rings. The van der Waals surface area contributed by atoms with Crippen LogP contribution in [0.1, 0.15) is 0 Å². The van der Waals surface area contributed by atoms with Crippen molar-refractivity contribution < 1.29 is 9.66 Å². The van der Waals surface area contributed by atoms with Gasteiger partial charge in [-0.15, -0.1) is 0 Å². The molecule has 0 aliphatic heterocycles. The molecule has 98 valence electrons. The van der Waals surface area contributed by atoms with E-state index in [1.54, 1.807) is 24.4 Å². The van der Waals surface area contributed by atoms with Gasteiger partial charge in [0.25, 0.3) is 5.69 Å². The van der Waals surface area contributed by atoms with Crippen LogP contribution < -0.4 is 4.74 Å². The van der Waals surface area contributed by atoms with E-state index >= 15 is 0 Å². The molecule has 0 bridgehead atoms. The first-order chi connectivity index (χ1) is 9.72. The molecular formula is C15H10N2O3. The molecule has 20 heavy (non-hydrogen) atoms. The average molecular weight is 266 g/mol. The van der Waals surface area contributed by atoms with Crippen LogP contribution in [0.5, 0.6) is 11.5 Å². The van der Waals surface area contributed by atoms with Gasteiger partial charge in [0.15, 0.2) is 0 Å². The number of ether oxygens (including phenoxy) is 1. The van der Waals surface area contributed by atoms with Crippen molar-refractivity contribution in [1.29, 1.82) is 0 Å². The van der Waals surface area contributed by atoms with E-state index in [2.05, 4.69) is 4.98 Å². The third kappa shape index (κ3) is 2.42. The molecule has 0 aliphatic rings. The normalized spacial score (nSPS) is 10.4. The first-order valence-electron chi connectivity index (χ1n) is 5.99. The maximum absolute atomic E-state index is 10.7. The number of hydrogen-bond acceptors (Lipinski definition) is 4. The lowest BCUT2D eigenvalue weighted by Crippen LogP contribution is -1.89. The number of nitrogens with zero attached hydrogens (tertiary/aromatic N) is 2. The fraction of sp³-hybridized carbons (Fsp3) is 0. The molecule has 1 aromatic heterocycles. The highest BCUT2D eigenvalue weighted by atomic mass is 16.6. The van der Waals surface area contributed by atoms with Crippen LogP contribution in [-0.4, -0.2) is 9.91 Å². The number of nitro groups is 1. The summed E-state index contributed by atoms with van der Waals surface area (Å²) in [6.45, 7) is 0. The molecule has 0 atom stereocenters. The van der Waals surface area contributed by atoms with E-state index in [0.717, 1.165) is 10.9 Å². The Hall–Kier alpha value is -2.95. The van der Waals surface area contributed by atoms with Crippen molar-refractivity contribution in [2.45, 2.75) is 0 Å². The van der Waals surface area contributed by atoms with Crippen molar-refractivity contribution in [3.05, 3.63) is 70.9 Å². The molecule has 0 radical (unpaired) electrons. The number of rotatable bonds is 3. The van der Waals surface area contributed by atoms with Crippen LogP contribution in [0.2, 0.25) is 0 Å². The van der Waals surface area contributed by atoms with Crippen molar-refractivity contribution in [3.63, 3.8) is 0 Å². The van der Waals surface area contributed by atoms with Gasteiger partial charge in [-0.05, 0) is 30.3 Å². The Morgan fingerprint density at radius 3 is 2.70 bits per heavy atom. The van der Waals surface area contributed by atoms with Gasteiger partial charge in [-0.2, -0.15) is 0 Å². The molecule has 0 spiro atoms. The highest BCUT2D eigenvalue weighted by molar-refractivity contribution is 5.79. The minimum atomic E-state index is -0.447. The molecule has 5 nitrogen and oxygen atoms in total. The fourth-order valence-electron chi connectivity index (χ4n) is 1.91. The van der Waals surface area contributed by atoms with Gasteiger partial charge in [0.05, 0.1) is 16.5 Å². The summed E-state index contributed by atoms with van der Waals surface area (Å²) in [7, 11) is 0. The summed E-state index contributed by atoms with van der Waals surface area (Å²) < 4.78 is 5.65. The second kappa shape index (κ2) is 4.97. The second-order valence-electron chi connectivity index (χ2n) is 4.21. The van der Waals surface area contributed by atoms with Gasteiger partial charge in [0, 0.05) is 17.6 Å². The molecule has 0 saturated heterocycles. The highest BCUT2D eigenvalue weighted by Crippen LogP contribution is 2.27. The lowest BCUT2D eigenvalue weighted by atomic mass is 10.2. The number of benzene rings is 2. The molecule has 1 heterocycles. The zero-order valence-electron chi connectivity index (χ0n) is 10.4. The Morgan fingerprint density at radius 2 is 1.85 bits per heavy atom. The summed E-state index contributed by atoms with van der Waals surface area (Å²) in [4.78, 5) is 14.5. The third-order valence-electron chi connectivity index (χ3n) is 2.84. The SMILES string of the molecule is O=[N+]([O-])c1cccc(Oc2ccc3ncccc3c2)c1. The van der Waals surface area contributed by atoms with E-state index in [4.69, 9.17) is 4.74 Å². The summed E-state index contributed by atoms with van der Waals surface area (Å²) >= 11 is 0. The Kier molecular flexibility index (Phi) is 3.01. The molecule has 0 saturated carbocycles. The van der Waals surface area contributed by atoms with Crippen LogP contribution in [0.15, 0.2) is 60.8 Å². The van der Waals surface area contributed by atoms with Crippen LogP contribution in [0.4, 0.5) is 5.69 Å². The zero-order chi connectivity index (χ0) is 13.9. The molecule has 0 aliphatic carbocycles. The van der Waals surface area contributed by atoms with Crippen molar-refractivity contribution in [1.82, 2.24) is 4.98 Å². The number of nitro benzene ring substituents is 1. The van der Waals surface area contributed by atoms with Crippen LogP contribution >= 0.6 is 0 Å². The van der Waals surface area contributed by atoms with Crippen LogP contribution in [0, 0.1) is 10.1 Å². The quantitative estimate of drug-likeness (QED) is 0.532. The molecule has 0 amide bonds. The Balaban J connectivity index is 1.92. The largest absolute Gasteiger partial charge is 0.457 e. The Morgan fingerprint density at radius 1 is 1.00 bits per heavy atom.